The second-order valence-corrected chi connectivity index (χ2v) is 6.00. The van der Waals surface area contributed by atoms with E-state index in [1.807, 2.05) is 12.1 Å². The molecule has 1 aliphatic rings. The van der Waals surface area contributed by atoms with E-state index in [0.717, 1.165) is 29.1 Å². The molecule has 0 radical (unpaired) electrons. The molecule has 3 nitrogen and oxygen atoms in total. The molecule has 18 heavy (non-hydrogen) atoms. The fraction of sp³-hybridized carbons (Fsp3) is 0.571. The third kappa shape index (κ3) is 3.18. The zero-order chi connectivity index (χ0) is 13.1. The summed E-state index contributed by atoms with van der Waals surface area (Å²) in [5, 5.41) is 3.49. The standard InChI is InChI=1S/C14H20BrNO2/c1-9(2)10(3)6-16-7-11-4-13-14(5-12(11)15)18-8-17-13/h4-5,9-10,16H,6-8H2,1-3H3. The van der Waals surface area contributed by atoms with Gasteiger partial charge in [0, 0.05) is 11.0 Å². The van der Waals surface area contributed by atoms with Crippen LogP contribution in [0.3, 0.4) is 0 Å². The highest BCUT2D eigenvalue weighted by molar-refractivity contribution is 9.10. The maximum absolute atomic E-state index is 5.39. The fourth-order valence-corrected chi connectivity index (χ4v) is 2.23. The van der Waals surface area contributed by atoms with Crippen LogP contribution in [-0.2, 0) is 6.54 Å². The molecule has 0 spiro atoms. The van der Waals surface area contributed by atoms with Crippen molar-refractivity contribution in [1.82, 2.24) is 5.32 Å². The van der Waals surface area contributed by atoms with E-state index < -0.39 is 0 Å². The number of halogens is 1. The van der Waals surface area contributed by atoms with Gasteiger partial charge in [0.15, 0.2) is 11.5 Å². The molecule has 0 saturated carbocycles. The minimum Gasteiger partial charge on any atom is -0.454 e. The molecule has 1 unspecified atom stereocenters. The normalized spacial score (nSPS) is 15.2. The topological polar surface area (TPSA) is 30.5 Å². The molecular formula is C14H20BrNO2. The van der Waals surface area contributed by atoms with Gasteiger partial charge in [0.05, 0.1) is 0 Å². The molecule has 0 fully saturated rings. The highest BCUT2D eigenvalue weighted by atomic mass is 79.9. The molecule has 1 N–H and O–H groups in total. The van der Waals surface area contributed by atoms with Crippen molar-refractivity contribution < 1.29 is 9.47 Å². The van der Waals surface area contributed by atoms with E-state index in [1.54, 1.807) is 0 Å². The molecule has 0 bridgehead atoms. The lowest BCUT2D eigenvalue weighted by atomic mass is 9.98. The fourth-order valence-electron chi connectivity index (χ4n) is 1.76. The molecule has 100 valence electrons. The van der Waals surface area contributed by atoms with Gasteiger partial charge in [0.2, 0.25) is 6.79 Å². The van der Waals surface area contributed by atoms with E-state index in [1.165, 1.54) is 5.56 Å². The Balaban J connectivity index is 1.94. The van der Waals surface area contributed by atoms with E-state index in [-0.39, 0.29) is 0 Å². The van der Waals surface area contributed by atoms with Crippen molar-refractivity contribution >= 4 is 15.9 Å². The molecule has 0 amide bonds. The van der Waals surface area contributed by atoms with Crippen molar-refractivity contribution in [1.29, 1.82) is 0 Å². The lowest BCUT2D eigenvalue weighted by Gasteiger charge is -2.16. The first kappa shape index (κ1) is 13.7. The molecule has 0 aromatic heterocycles. The van der Waals surface area contributed by atoms with Crippen LogP contribution in [0.25, 0.3) is 0 Å². The Labute approximate surface area is 117 Å². The lowest BCUT2D eigenvalue weighted by Crippen LogP contribution is -2.23. The van der Waals surface area contributed by atoms with Crippen LogP contribution in [0.2, 0.25) is 0 Å². The molecule has 0 aliphatic carbocycles. The van der Waals surface area contributed by atoms with Gasteiger partial charge in [-0.25, -0.2) is 0 Å². The van der Waals surface area contributed by atoms with Gasteiger partial charge in [-0.3, -0.25) is 0 Å². The first-order chi connectivity index (χ1) is 8.58. The van der Waals surface area contributed by atoms with Crippen LogP contribution in [0.1, 0.15) is 26.3 Å². The molecule has 1 heterocycles. The van der Waals surface area contributed by atoms with E-state index in [2.05, 4.69) is 42.0 Å². The highest BCUT2D eigenvalue weighted by Gasteiger charge is 2.16. The number of hydrogen-bond acceptors (Lipinski definition) is 3. The number of benzene rings is 1. The molecular weight excluding hydrogens is 294 g/mol. The Bertz CT molecular complexity index is 421. The van der Waals surface area contributed by atoms with E-state index >= 15 is 0 Å². The summed E-state index contributed by atoms with van der Waals surface area (Å²) in [6.45, 7) is 8.97. The summed E-state index contributed by atoms with van der Waals surface area (Å²) in [6, 6.07) is 4.02. The van der Waals surface area contributed by atoms with Crippen molar-refractivity contribution in [3.63, 3.8) is 0 Å². The van der Waals surface area contributed by atoms with Crippen molar-refractivity contribution in [2.24, 2.45) is 11.8 Å². The van der Waals surface area contributed by atoms with Gasteiger partial charge in [-0.1, -0.05) is 36.7 Å². The van der Waals surface area contributed by atoms with Gasteiger partial charge in [-0.2, -0.15) is 0 Å². The molecule has 1 aliphatic heterocycles. The summed E-state index contributed by atoms with van der Waals surface area (Å²) in [5.74, 6) is 3.04. The van der Waals surface area contributed by atoms with Gasteiger partial charge < -0.3 is 14.8 Å². The van der Waals surface area contributed by atoms with E-state index in [9.17, 15) is 0 Å². The van der Waals surface area contributed by atoms with Crippen LogP contribution in [0.4, 0.5) is 0 Å². The first-order valence-electron chi connectivity index (χ1n) is 6.36. The Morgan fingerprint density at radius 1 is 1.22 bits per heavy atom. The van der Waals surface area contributed by atoms with Gasteiger partial charge in [0.1, 0.15) is 0 Å². The van der Waals surface area contributed by atoms with Crippen LogP contribution >= 0.6 is 15.9 Å². The van der Waals surface area contributed by atoms with Crippen LogP contribution < -0.4 is 14.8 Å². The minimum atomic E-state index is 0.322. The smallest absolute Gasteiger partial charge is 0.231 e. The van der Waals surface area contributed by atoms with Gasteiger partial charge in [-0.05, 0) is 36.1 Å². The van der Waals surface area contributed by atoms with Crippen LogP contribution in [0.5, 0.6) is 11.5 Å². The summed E-state index contributed by atoms with van der Waals surface area (Å²) < 4.78 is 11.8. The summed E-state index contributed by atoms with van der Waals surface area (Å²) in [7, 11) is 0. The van der Waals surface area contributed by atoms with E-state index in [4.69, 9.17) is 9.47 Å². The minimum absolute atomic E-state index is 0.322. The zero-order valence-corrected chi connectivity index (χ0v) is 12.7. The Hall–Kier alpha value is -0.740. The summed E-state index contributed by atoms with van der Waals surface area (Å²) in [5.41, 5.74) is 1.20. The monoisotopic (exact) mass is 313 g/mol. The Morgan fingerprint density at radius 3 is 2.56 bits per heavy atom. The largest absolute Gasteiger partial charge is 0.454 e. The average Bonchev–Trinajstić information content (AvgIpc) is 2.75. The molecule has 2 rings (SSSR count). The van der Waals surface area contributed by atoms with Crippen molar-refractivity contribution in [3.8, 4) is 11.5 Å². The maximum Gasteiger partial charge on any atom is 0.231 e. The number of hydrogen-bond donors (Lipinski definition) is 1. The van der Waals surface area contributed by atoms with Crippen LogP contribution in [0.15, 0.2) is 16.6 Å². The molecule has 4 heteroatoms. The molecule has 0 saturated heterocycles. The maximum atomic E-state index is 5.39. The SMILES string of the molecule is CC(C)C(C)CNCc1cc2c(cc1Br)OCO2. The summed E-state index contributed by atoms with van der Waals surface area (Å²) in [4.78, 5) is 0. The first-order valence-corrected chi connectivity index (χ1v) is 7.16. The third-order valence-electron chi connectivity index (χ3n) is 3.46. The summed E-state index contributed by atoms with van der Waals surface area (Å²) in [6.07, 6.45) is 0. The number of ether oxygens (including phenoxy) is 2. The molecule has 1 aromatic rings. The second kappa shape index (κ2) is 5.93. The predicted molar refractivity (Wildman–Crippen MR) is 76.0 cm³/mol. The van der Waals surface area contributed by atoms with Gasteiger partial charge >= 0.3 is 0 Å². The third-order valence-corrected chi connectivity index (χ3v) is 4.20. The number of nitrogens with one attached hydrogen (secondary N) is 1. The van der Waals surface area contributed by atoms with Crippen LogP contribution in [0, 0.1) is 11.8 Å². The lowest BCUT2D eigenvalue weighted by molar-refractivity contribution is 0.174. The second-order valence-electron chi connectivity index (χ2n) is 5.15. The van der Waals surface area contributed by atoms with Gasteiger partial charge in [-0.15, -0.1) is 0 Å². The molecule has 1 atom stereocenters. The Kier molecular flexibility index (Phi) is 4.51. The van der Waals surface area contributed by atoms with Crippen molar-refractivity contribution in [2.45, 2.75) is 27.3 Å². The predicted octanol–water partition coefficient (Wildman–Crippen LogP) is 3.56. The Morgan fingerprint density at radius 2 is 1.89 bits per heavy atom. The van der Waals surface area contributed by atoms with Gasteiger partial charge in [0.25, 0.3) is 0 Å². The number of rotatable bonds is 5. The number of fused-ring (bicyclic) bond motifs is 1. The summed E-state index contributed by atoms with van der Waals surface area (Å²) >= 11 is 3.57. The zero-order valence-electron chi connectivity index (χ0n) is 11.1. The quantitative estimate of drug-likeness (QED) is 0.901. The average molecular weight is 314 g/mol. The molecule has 1 aromatic carbocycles. The van der Waals surface area contributed by atoms with E-state index in [0.29, 0.717) is 18.6 Å². The van der Waals surface area contributed by atoms with Crippen LogP contribution in [-0.4, -0.2) is 13.3 Å². The van der Waals surface area contributed by atoms with Crippen molar-refractivity contribution in [2.75, 3.05) is 13.3 Å². The van der Waals surface area contributed by atoms with Crippen molar-refractivity contribution in [3.05, 3.63) is 22.2 Å². The highest BCUT2D eigenvalue weighted by Crippen LogP contribution is 2.36.